The van der Waals surface area contributed by atoms with Crippen LogP contribution in [0, 0.1) is 0 Å². The minimum absolute atomic E-state index is 0.230. The Balaban J connectivity index is 1.89. The van der Waals surface area contributed by atoms with Crippen molar-refractivity contribution in [3.63, 3.8) is 0 Å². The Kier molecular flexibility index (Phi) is 5.26. The summed E-state index contributed by atoms with van der Waals surface area (Å²) in [5.41, 5.74) is 0.549. The SMILES string of the molecule is COc1cccc(CCC(=O)Nc2ccc(C(F)(F)F)cc2)c1. The van der Waals surface area contributed by atoms with Gasteiger partial charge in [-0.3, -0.25) is 4.79 Å². The van der Waals surface area contributed by atoms with Crippen LogP contribution < -0.4 is 10.1 Å². The number of anilines is 1. The number of hydrogen-bond acceptors (Lipinski definition) is 2. The van der Waals surface area contributed by atoms with Gasteiger partial charge in [0, 0.05) is 12.1 Å². The van der Waals surface area contributed by atoms with Crippen molar-refractivity contribution in [2.75, 3.05) is 12.4 Å². The third-order valence-electron chi connectivity index (χ3n) is 3.27. The lowest BCUT2D eigenvalue weighted by molar-refractivity contribution is -0.137. The van der Waals surface area contributed by atoms with Crippen molar-refractivity contribution in [2.24, 2.45) is 0 Å². The molecule has 2 aromatic rings. The highest BCUT2D eigenvalue weighted by Gasteiger charge is 2.29. The van der Waals surface area contributed by atoms with E-state index in [0.717, 1.165) is 17.7 Å². The van der Waals surface area contributed by atoms with Crippen LogP contribution in [-0.2, 0) is 17.4 Å². The summed E-state index contributed by atoms with van der Waals surface area (Å²) in [5.74, 6) is 0.457. The molecule has 6 heteroatoms. The number of ether oxygens (including phenoxy) is 1. The molecule has 122 valence electrons. The van der Waals surface area contributed by atoms with Gasteiger partial charge in [0.1, 0.15) is 5.75 Å². The van der Waals surface area contributed by atoms with Crippen molar-refractivity contribution < 1.29 is 22.7 Å². The first-order chi connectivity index (χ1) is 10.9. The van der Waals surface area contributed by atoms with Gasteiger partial charge in [0.05, 0.1) is 12.7 Å². The van der Waals surface area contributed by atoms with Crippen molar-refractivity contribution in [2.45, 2.75) is 19.0 Å². The molecule has 0 aliphatic rings. The number of carbonyl (C=O) groups is 1. The van der Waals surface area contributed by atoms with E-state index in [-0.39, 0.29) is 12.3 Å². The molecule has 0 fully saturated rings. The lowest BCUT2D eigenvalue weighted by atomic mass is 10.1. The molecule has 0 radical (unpaired) electrons. The van der Waals surface area contributed by atoms with Gasteiger partial charge in [-0.2, -0.15) is 13.2 Å². The molecular weight excluding hydrogens is 307 g/mol. The van der Waals surface area contributed by atoms with E-state index in [4.69, 9.17) is 4.74 Å². The maximum Gasteiger partial charge on any atom is 0.416 e. The number of carbonyl (C=O) groups excluding carboxylic acids is 1. The number of aryl methyl sites for hydroxylation is 1. The Bertz CT molecular complexity index is 666. The maximum absolute atomic E-state index is 12.5. The predicted octanol–water partition coefficient (Wildman–Crippen LogP) is 4.29. The standard InChI is InChI=1S/C17H16F3NO2/c1-23-15-4-2-3-12(11-15)5-10-16(22)21-14-8-6-13(7-9-14)17(18,19)20/h2-4,6-9,11H,5,10H2,1H3,(H,21,22). The number of benzene rings is 2. The monoisotopic (exact) mass is 323 g/mol. The minimum Gasteiger partial charge on any atom is -0.497 e. The van der Waals surface area contributed by atoms with Gasteiger partial charge in [-0.15, -0.1) is 0 Å². The van der Waals surface area contributed by atoms with Gasteiger partial charge in [-0.25, -0.2) is 0 Å². The third kappa shape index (κ3) is 5.02. The molecule has 1 N–H and O–H groups in total. The van der Waals surface area contributed by atoms with E-state index in [1.54, 1.807) is 7.11 Å². The van der Waals surface area contributed by atoms with Gasteiger partial charge < -0.3 is 10.1 Å². The van der Waals surface area contributed by atoms with Crippen molar-refractivity contribution in [3.8, 4) is 5.75 Å². The molecule has 0 aliphatic carbocycles. The van der Waals surface area contributed by atoms with Gasteiger partial charge >= 0.3 is 6.18 Å². The Hall–Kier alpha value is -2.50. The van der Waals surface area contributed by atoms with Gasteiger partial charge in [0.15, 0.2) is 0 Å². The predicted molar refractivity (Wildman–Crippen MR) is 81.4 cm³/mol. The van der Waals surface area contributed by atoms with E-state index in [1.165, 1.54) is 12.1 Å². The Morgan fingerprint density at radius 3 is 2.43 bits per heavy atom. The number of alkyl halides is 3. The quantitative estimate of drug-likeness (QED) is 0.891. The lowest BCUT2D eigenvalue weighted by Crippen LogP contribution is -2.12. The number of hydrogen-bond donors (Lipinski definition) is 1. The summed E-state index contributed by atoms with van der Waals surface area (Å²) in [6.07, 6.45) is -3.63. The number of rotatable bonds is 5. The highest BCUT2D eigenvalue weighted by molar-refractivity contribution is 5.90. The fourth-order valence-corrected chi connectivity index (χ4v) is 2.05. The fourth-order valence-electron chi connectivity index (χ4n) is 2.05. The molecule has 2 aromatic carbocycles. The molecule has 23 heavy (non-hydrogen) atoms. The van der Waals surface area contributed by atoms with Crippen molar-refractivity contribution in [3.05, 3.63) is 59.7 Å². The van der Waals surface area contributed by atoms with Crippen LogP contribution in [0.3, 0.4) is 0 Å². The average Bonchev–Trinajstić information content (AvgIpc) is 2.53. The number of halogens is 3. The molecule has 1 amide bonds. The van der Waals surface area contributed by atoms with Crippen LogP contribution >= 0.6 is 0 Å². The van der Waals surface area contributed by atoms with Crippen LogP contribution in [0.2, 0.25) is 0 Å². The molecule has 0 aliphatic heterocycles. The maximum atomic E-state index is 12.5. The Morgan fingerprint density at radius 1 is 1.13 bits per heavy atom. The topological polar surface area (TPSA) is 38.3 Å². The second-order valence-corrected chi connectivity index (χ2v) is 4.97. The molecule has 2 rings (SSSR count). The fraction of sp³-hybridized carbons (Fsp3) is 0.235. The second-order valence-electron chi connectivity index (χ2n) is 4.97. The third-order valence-corrected chi connectivity index (χ3v) is 3.27. The molecule has 0 spiro atoms. The largest absolute Gasteiger partial charge is 0.497 e. The molecule has 0 saturated heterocycles. The summed E-state index contributed by atoms with van der Waals surface area (Å²) in [5, 5.41) is 2.58. The van der Waals surface area contributed by atoms with Gasteiger partial charge in [-0.1, -0.05) is 12.1 Å². The molecule has 0 unspecified atom stereocenters. The number of nitrogens with one attached hydrogen (secondary N) is 1. The molecule has 0 atom stereocenters. The summed E-state index contributed by atoms with van der Waals surface area (Å²) in [7, 11) is 1.57. The second kappa shape index (κ2) is 7.17. The molecule has 0 saturated carbocycles. The number of amides is 1. The summed E-state index contributed by atoms with van der Waals surface area (Å²) < 4.78 is 42.5. The highest BCUT2D eigenvalue weighted by atomic mass is 19.4. The van der Waals surface area contributed by atoms with Crippen LogP contribution in [0.25, 0.3) is 0 Å². The first-order valence-electron chi connectivity index (χ1n) is 6.98. The van der Waals surface area contributed by atoms with Crippen LogP contribution in [0.1, 0.15) is 17.5 Å². The first-order valence-corrected chi connectivity index (χ1v) is 6.98. The lowest BCUT2D eigenvalue weighted by Gasteiger charge is -2.09. The van der Waals surface area contributed by atoms with Crippen molar-refractivity contribution >= 4 is 11.6 Å². The summed E-state index contributed by atoms with van der Waals surface area (Å²) in [6, 6.07) is 11.7. The van der Waals surface area contributed by atoms with E-state index < -0.39 is 11.7 Å². The van der Waals surface area contributed by atoms with Gasteiger partial charge in [-0.05, 0) is 48.4 Å². The van der Waals surface area contributed by atoms with Crippen LogP contribution in [0.15, 0.2) is 48.5 Å². The smallest absolute Gasteiger partial charge is 0.416 e. The zero-order valence-corrected chi connectivity index (χ0v) is 12.5. The van der Waals surface area contributed by atoms with E-state index in [9.17, 15) is 18.0 Å². The van der Waals surface area contributed by atoms with Gasteiger partial charge in [0.25, 0.3) is 0 Å². The summed E-state index contributed by atoms with van der Waals surface area (Å²) >= 11 is 0. The van der Waals surface area contributed by atoms with Crippen molar-refractivity contribution in [1.82, 2.24) is 0 Å². The van der Waals surface area contributed by atoms with E-state index >= 15 is 0 Å². The highest BCUT2D eigenvalue weighted by Crippen LogP contribution is 2.29. The Labute approximate surface area is 132 Å². The van der Waals surface area contributed by atoms with E-state index in [2.05, 4.69) is 5.32 Å². The minimum atomic E-state index is -4.38. The van der Waals surface area contributed by atoms with E-state index in [1.807, 2.05) is 24.3 Å². The molecular formula is C17H16F3NO2. The normalized spacial score (nSPS) is 11.1. The Morgan fingerprint density at radius 2 is 1.83 bits per heavy atom. The molecule has 3 nitrogen and oxygen atoms in total. The van der Waals surface area contributed by atoms with Crippen molar-refractivity contribution in [1.29, 1.82) is 0 Å². The van der Waals surface area contributed by atoms with Gasteiger partial charge in [0.2, 0.25) is 5.91 Å². The summed E-state index contributed by atoms with van der Waals surface area (Å²) in [4.78, 5) is 11.9. The zero-order valence-electron chi connectivity index (χ0n) is 12.5. The molecule has 0 aromatic heterocycles. The zero-order chi connectivity index (χ0) is 16.9. The van der Waals surface area contributed by atoms with E-state index in [0.29, 0.717) is 17.9 Å². The van der Waals surface area contributed by atoms with Crippen LogP contribution in [-0.4, -0.2) is 13.0 Å². The number of methoxy groups -OCH3 is 1. The summed E-state index contributed by atoms with van der Waals surface area (Å²) in [6.45, 7) is 0. The van der Waals surface area contributed by atoms with Crippen LogP contribution in [0.4, 0.5) is 18.9 Å². The molecule has 0 bridgehead atoms. The average molecular weight is 323 g/mol. The first kappa shape index (κ1) is 16.9. The molecule has 0 heterocycles. The van der Waals surface area contributed by atoms with Crippen LogP contribution in [0.5, 0.6) is 5.75 Å².